The number of benzene rings is 1. The fourth-order valence-electron chi connectivity index (χ4n) is 4.98. The molecule has 0 spiro atoms. The third-order valence-electron chi connectivity index (χ3n) is 7.16. The highest BCUT2D eigenvalue weighted by molar-refractivity contribution is 7.92. The minimum atomic E-state index is -3.47. The number of amides is 2. The number of rotatable bonds is 9. The van der Waals surface area contributed by atoms with Crippen molar-refractivity contribution in [3.8, 4) is 5.75 Å². The zero-order chi connectivity index (χ0) is 26.4. The van der Waals surface area contributed by atoms with E-state index in [1.54, 1.807) is 31.0 Å². The fraction of sp³-hybridized carbons (Fsp3) is 0.680. The van der Waals surface area contributed by atoms with Crippen LogP contribution >= 0.6 is 0 Å². The van der Waals surface area contributed by atoms with Crippen LogP contribution in [0.3, 0.4) is 0 Å². The molecule has 0 aromatic heterocycles. The van der Waals surface area contributed by atoms with Crippen LogP contribution in [0.25, 0.3) is 0 Å². The maximum atomic E-state index is 13.3. The van der Waals surface area contributed by atoms with Crippen LogP contribution < -0.4 is 14.8 Å². The molecule has 2 fully saturated rings. The largest absolute Gasteiger partial charge is 0.490 e. The summed E-state index contributed by atoms with van der Waals surface area (Å²) < 4.78 is 43.9. The molecule has 0 radical (unpaired) electrons. The lowest BCUT2D eigenvalue weighted by molar-refractivity contribution is -0.134. The molecule has 0 aliphatic carbocycles. The summed E-state index contributed by atoms with van der Waals surface area (Å²) >= 11 is 0. The van der Waals surface area contributed by atoms with Crippen LogP contribution in [-0.2, 0) is 24.3 Å². The van der Waals surface area contributed by atoms with E-state index in [0.29, 0.717) is 36.4 Å². The van der Waals surface area contributed by atoms with Gasteiger partial charge in [0, 0.05) is 32.4 Å². The molecular formula is C25H38N4O7S. The average molecular weight is 539 g/mol. The molecule has 1 aromatic rings. The van der Waals surface area contributed by atoms with E-state index in [9.17, 15) is 18.0 Å². The van der Waals surface area contributed by atoms with Gasteiger partial charge in [0.2, 0.25) is 15.9 Å². The summed E-state index contributed by atoms with van der Waals surface area (Å²) in [4.78, 5) is 29.8. The summed E-state index contributed by atoms with van der Waals surface area (Å²) in [6, 6.07) is 4.48. The molecule has 2 amide bonds. The SMILES string of the molecule is CCS(=O)(=O)Nc1ccc2c(c1)C(=O)N(C)[C@H]1CC[C@@H](CC(=O)NCCCN3CCOCC3)O[C@H]1CO2. The first kappa shape index (κ1) is 27.6. The number of fused-ring (bicyclic) bond motifs is 2. The van der Waals surface area contributed by atoms with Gasteiger partial charge in [0.25, 0.3) is 5.91 Å². The Morgan fingerprint density at radius 3 is 2.73 bits per heavy atom. The van der Waals surface area contributed by atoms with Crippen LogP contribution in [0, 0.1) is 0 Å². The van der Waals surface area contributed by atoms with Crippen LogP contribution in [0.5, 0.6) is 5.75 Å². The Labute approximate surface area is 218 Å². The zero-order valence-corrected chi connectivity index (χ0v) is 22.4. The lowest BCUT2D eigenvalue weighted by Gasteiger charge is -2.42. The van der Waals surface area contributed by atoms with Crippen molar-refractivity contribution < 1.29 is 32.2 Å². The van der Waals surface area contributed by atoms with Crippen molar-refractivity contribution in [3.05, 3.63) is 23.8 Å². The van der Waals surface area contributed by atoms with E-state index in [2.05, 4.69) is 14.9 Å². The monoisotopic (exact) mass is 538 g/mol. The van der Waals surface area contributed by atoms with Gasteiger partial charge in [-0.15, -0.1) is 0 Å². The number of sulfonamides is 1. The Balaban J connectivity index is 1.30. The zero-order valence-electron chi connectivity index (χ0n) is 21.6. The van der Waals surface area contributed by atoms with Crippen molar-refractivity contribution in [2.45, 2.75) is 50.9 Å². The number of ether oxygens (including phenoxy) is 3. The van der Waals surface area contributed by atoms with Crippen LogP contribution in [0.15, 0.2) is 18.2 Å². The van der Waals surface area contributed by atoms with Gasteiger partial charge < -0.3 is 24.4 Å². The van der Waals surface area contributed by atoms with Gasteiger partial charge in [0.15, 0.2) is 0 Å². The second kappa shape index (κ2) is 12.4. The molecule has 2 saturated heterocycles. The number of nitrogens with zero attached hydrogens (tertiary/aromatic N) is 2. The third-order valence-corrected chi connectivity index (χ3v) is 8.46. The lowest BCUT2D eigenvalue weighted by atomic mass is 9.94. The van der Waals surface area contributed by atoms with Crippen LogP contribution in [0.2, 0.25) is 0 Å². The summed E-state index contributed by atoms with van der Waals surface area (Å²) in [6.07, 6.45) is 1.90. The summed E-state index contributed by atoms with van der Waals surface area (Å²) in [5, 5.41) is 3.00. The predicted molar refractivity (Wildman–Crippen MR) is 138 cm³/mol. The van der Waals surface area contributed by atoms with Gasteiger partial charge in [0.05, 0.1) is 43.1 Å². The summed E-state index contributed by atoms with van der Waals surface area (Å²) in [6.45, 7) is 6.76. The topological polar surface area (TPSA) is 127 Å². The van der Waals surface area contributed by atoms with E-state index in [-0.39, 0.29) is 48.8 Å². The van der Waals surface area contributed by atoms with Gasteiger partial charge in [-0.05, 0) is 50.9 Å². The number of hydrogen-bond acceptors (Lipinski definition) is 8. The quantitative estimate of drug-likeness (QED) is 0.447. The van der Waals surface area contributed by atoms with E-state index in [4.69, 9.17) is 14.2 Å². The van der Waals surface area contributed by atoms with Gasteiger partial charge >= 0.3 is 0 Å². The van der Waals surface area contributed by atoms with Gasteiger partial charge in [-0.1, -0.05) is 0 Å². The lowest BCUT2D eigenvalue weighted by Crippen LogP contribution is -2.54. The molecule has 11 nitrogen and oxygen atoms in total. The van der Waals surface area contributed by atoms with E-state index in [1.807, 2.05) is 0 Å². The maximum Gasteiger partial charge on any atom is 0.257 e. The molecule has 206 valence electrons. The maximum absolute atomic E-state index is 13.3. The standard InChI is InChI=1S/C25H38N4O7S/c1-3-37(32,33)27-18-5-8-22-20(15-18)25(31)28(2)21-7-6-19(36-23(21)17-35-22)16-24(30)26-9-4-10-29-11-13-34-14-12-29/h5,8,15,19,21,23,27H,3-4,6-7,9-14,16-17H2,1-2H3,(H,26,30)/t19-,21-,23-/m0/s1. The van der Waals surface area contributed by atoms with Crippen molar-refractivity contribution in [3.63, 3.8) is 0 Å². The molecule has 12 heteroatoms. The number of carbonyl (C=O) groups is 2. The number of anilines is 1. The van der Waals surface area contributed by atoms with Gasteiger partial charge in [-0.25, -0.2) is 8.42 Å². The van der Waals surface area contributed by atoms with Crippen LogP contribution in [-0.4, -0.2) is 107 Å². The fourth-order valence-corrected chi connectivity index (χ4v) is 5.61. The first-order valence-electron chi connectivity index (χ1n) is 13.0. The van der Waals surface area contributed by atoms with Crippen molar-refractivity contribution >= 4 is 27.5 Å². The van der Waals surface area contributed by atoms with E-state index < -0.39 is 10.0 Å². The summed E-state index contributed by atoms with van der Waals surface area (Å²) in [5.41, 5.74) is 0.620. The highest BCUT2D eigenvalue weighted by Gasteiger charge is 2.39. The van der Waals surface area contributed by atoms with Crippen molar-refractivity contribution in [2.24, 2.45) is 0 Å². The van der Waals surface area contributed by atoms with Crippen LogP contribution in [0.4, 0.5) is 5.69 Å². The minimum Gasteiger partial charge on any atom is -0.490 e. The average Bonchev–Trinajstić information content (AvgIpc) is 2.89. The minimum absolute atomic E-state index is 0.0333. The Bertz CT molecular complexity index is 1060. The highest BCUT2D eigenvalue weighted by atomic mass is 32.2. The molecule has 3 aliphatic heterocycles. The first-order valence-corrected chi connectivity index (χ1v) is 14.7. The molecule has 0 saturated carbocycles. The molecule has 0 unspecified atom stereocenters. The van der Waals surface area contributed by atoms with Gasteiger partial charge in [0.1, 0.15) is 18.5 Å². The summed E-state index contributed by atoms with van der Waals surface area (Å²) in [7, 11) is -1.74. The Kier molecular flexibility index (Phi) is 9.27. The number of likely N-dealkylation sites (N-methyl/N-ethyl adjacent to an activating group) is 1. The van der Waals surface area contributed by atoms with E-state index in [0.717, 1.165) is 39.3 Å². The molecule has 3 atom stereocenters. The number of nitrogens with one attached hydrogen (secondary N) is 2. The Hall–Kier alpha value is -2.41. The van der Waals surface area contributed by atoms with Crippen molar-refractivity contribution in [1.82, 2.24) is 15.1 Å². The van der Waals surface area contributed by atoms with Gasteiger partial charge in [-0.3, -0.25) is 19.2 Å². The third kappa shape index (κ3) is 7.34. The Morgan fingerprint density at radius 2 is 1.97 bits per heavy atom. The normalized spacial score (nSPS) is 24.8. The highest BCUT2D eigenvalue weighted by Crippen LogP contribution is 2.32. The Morgan fingerprint density at radius 1 is 1.19 bits per heavy atom. The predicted octanol–water partition coefficient (Wildman–Crippen LogP) is 1.06. The van der Waals surface area contributed by atoms with E-state index in [1.165, 1.54) is 6.07 Å². The molecule has 0 bridgehead atoms. The van der Waals surface area contributed by atoms with Gasteiger partial charge in [-0.2, -0.15) is 0 Å². The smallest absolute Gasteiger partial charge is 0.257 e. The second-order valence-electron chi connectivity index (χ2n) is 9.75. The number of hydrogen-bond donors (Lipinski definition) is 2. The molecule has 37 heavy (non-hydrogen) atoms. The van der Waals surface area contributed by atoms with Crippen molar-refractivity contribution in [2.75, 3.05) is 63.5 Å². The van der Waals surface area contributed by atoms with Crippen LogP contribution in [0.1, 0.15) is 43.0 Å². The second-order valence-corrected chi connectivity index (χ2v) is 11.8. The number of morpholine rings is 1. The molecular weight excluding hydrogens is 500 g/mol. The molecule has 4 rings (SSSR count). The molecule has 3 heterocycles. The first-order chi connectivity index (χ1) is 17.8. The molecule has 2 N–H and O–H groups in total. The number of carbonyl (C=O) groups excluding carboxylic acids is 2. The van der Waals surface area contributed by atoms with E-state index >= 15 is 0 Å². The molecule has 3 aliphatic rings. The molecule has 1 aromatic carbocycles. The van der Waals surface area contributed by atoms with Crippen molar-refractivity contribution in [1.29, 1.82) is 0 Å². The summed E-state index contributed by atoms with van der Waals surface area (Å²) in [5.74, 6) is 0.0122.